The zero-order chi connectivity index (χ0) is 19.2. The highest BCUT2D eigenvalue weighted by atomic mass is 32.1. The normalized spacial score (nSPS) is 16.9. The standard InChI is InChI=1S/C22H27N3OS/c1-16(2)17-10-12-20(13-11-17)24-22(27)25-14-6-7-18(15-25)21(26)23-19-8-4-3-5-9-19/h3-5,8-13,16,18H,6-7,14-15H2,1-2H3,(H,23,26)(H,24,27). The average molecular weight is 382 g/mol. The van der Waals surface area contributed by atoms with Crippen LogP contribution in [-0.2, 0) is 4.79 Å². The van der Waals surface area contributed by atoms with Gasteiger partial charge in [-0.15, -0.1) is 0 Å². The molecule has 5 heteroatoms. The van der Waals surface area contributed by atoms with Crippen LogP contribution in [0.2, 0.25) is 0 Å². The summed E-state index contributed by atoms with van der Waals surface area (Å²) in [4.78, 5) is 14.7. The van der Waals surface area contributed by atoms with Gasteiger partial charge in [0.25, 0.3) is 0 Å². The third kappa shape index (κ3) is 5.30. The number of hydrogen-bond acceptors (Lipinski definition) is 2. The van der Waals surface area contributed by atoms with Crippen molar-refractivity contribution in [3.8, 4) is 0 Å². The summed E-state index contributed by atoms with van der Waals surface area (Å²) in [6.45, 7) is 5.89. The first kappa shape index (κ1) is 19.4. The molecular weight excluding hydrogens is 354 g/mol. The van der Waals surface area contributed by atoms with Crippen molar-refractivity contribution in [1.29, 1.82) is 0 Å². The van der Waals surface area contributed by atoms with Gasteiger partial charge in [0.1, 0.15) is 0 Å². The Bertz CT molecular complexity index is 774. The van der Waals surface area contributed by atoms with Crippen molar-refractivity contribution in [3.63, 3.8) is 0 Å². The second kappa shape index (κ2) is 9.00. The van der Waals surface area contributed by atoms with E-state index < -0.39 is 0 Å². The molecular formula is C22H27N3OS. The summed E-state index contributed by atoms with van der Waals surface area (Å²) < 4.78 is 0. The van der Waals surface area contributed by atoms with Gasteiger partial charge in [-0.2, -0.15) is 0 Å². The second-order valence-electron chi connectivity index (χ2n) is 7.35. The quantitative estimate of drug-likeness (QED) is 0.743. The molecule has 3 rings (SSSR count). The van der Waals surface area contributed by atoms with Crippen LogP contribution in [0.15, 0.2) is 54.6 Å². The molecule has 0 bridgehead atoms. The van der Waals surface area contributed by atoms with Gasteiger partial charge in [-0.1, -0.05) is 44.2 Å². The zero-order valence-corrected chi connectivity index (χ0v) is 16.8. The van der Waals surface area contributed by atoms with Crippen LogP contribution in [-0.4, -0.2) is 29.0 Å². The number of benzene rings is 2. The van der Waals surface area contributed by atoms with E-state index >= 15 is 0 Å². The Morgan fingerprint density at radius 3 is 2.37 bits per heavy atom. The highest BCUT2D eigenvalue weighted by molar-refractivity contribution is 7.80. The molecule has 1 saturated heterocycles. The Hall–Kier alpha value is -2.40. The summed E-state index contributed by atoms with van der Waals surface area (Å²) >= 11 is 5.59. The van der Waals surface area contributed by atoms with Crippen molar-refractivity contribution in [2.75, 3.05) is 23.7 Å². The molecule has 2 N–H and O–H groups in total. The van der Waals surface area contributed by atoms with Gasteiger partial charge in [0.05, 0.1) is 5.92 Å². The summed E-state index contributed by atoms with van der Waals surface area (Å²) in [5.41, 5.74) is 3.13. The number of nitrogens with one attached hydrogen (secondary N) is 2. The fraction of sp³-hybridized carbons (Fsp3) is 0.364. The molecule has 1 aliphatic heterocycles. The zero-order valence-electron chi connectivity index (χ0n) is 15.9. The maximum absolute atomic E-state index is 12.6. The van der Waals surface area contributed by atoms with Crippen LogP contribution in [0, 0.1) is 5.92 Å². The number of nitrogens with zero attached hydrogens (tertiary/aromatic N) is 1. The van der Waals surface area contributed by atoms with Crippen LogP contribution in [0.25, 0.3) is 0 Å². The van der Waals surface area contributed by atoms with Crippen molar-refractivity contribution < 1.29 is 4.79 Å². The minimum atomic E-state index is -0.0537. The van der Waals surface area contributed by atoms with Gasteiger partial charge in [-0.3, -0.25) is 4.79 Å². The Balaban J connectivity index is 1.56. The predicted molar refractivity (Wildman–Crippen MR) is 116 cm³/mol. The van der Waals surface area contributed by atoms with Crippen molar-refractivity contribution in [2.45, 2.75) is 32.6 Å². The number of carbonyl (C=O) groups is 1. The van der Waals surface area contributed by atoms with Crippen molar-refractivity contribution in [1.82, 2.24) is 4.90 Å². The number of hydrogen-bond donors (Lipinski definition) is 2. The molecule has 1 fully saturated rings. The smallest absolute Gasteiger partial charge is 0.229 e. The van der Waals surface area contributed by atoms with E-state index in [1.807, 2.05) is 30.3 Å². The van der Waals surface area contributed by atoms with E-state index in [0.717, 1.165) is 30.8 Å². The molecule has 1 aliphatic rings. The molecule has 0 spiro atoms. The maximum atomic E-state index is 12.6. The lowest BCUT2D eigenvalue weighted by atomic mass is 9.97. The number of rotatable bonds is 4. The summed E-state index contributed by atoms with van der Waals surface area (Å²) in [5, 5.41) is 7.01. The summed E-state index contributed by atoms with van der Waals surface area (Å²) in [5.74, 6) is 0.522. The predicted octanol–water partition coefficient (Wildman–Crippen LogP) is 4.86. The minimum absolute atomic E-state index is 0.0537. The third-order valence-corrected chi connectivity index (χ3v) is 5.31. The molecule has 1 heterocycles. The fourth-order valence-electron chi connectivity index (χ4n) is 3.30. The first-order valence-electron chi connectivity index (χ1n) is 9.54. The Morgan fingerprint density at radius 1 is 1.04 bits per heavy atom. The number of para-hydroxylation sites is 1. The number of amides is 1. The molecule has 0 radical (unpaired) electrons. The van der Waals surface area contributed by atoms with Gasteiger partial charge < -0.3 is 15.5 Å². The summed E-state index contributed by atoms with van der Waals surface area (Å²) in [6.07, 6.45) is 1.85. The summed E-state index contributed by atoms with van der Waals surface area (Å²) in [7, 11) is 0. The fourth-order valence-corrected chi connectivity index (χ4v) is 3.58. The largest absolute Gasteiger partial charge is 0.348 e. The Morgan fingerprint density at radius 2 is 1.70 bits per heavy atom. The van der Waals surface area contributed by atoms with Crippen LogP contribution >= 0.6 is 12.2 Å². The van der Waals surface area contributed by atoms with E-state index in [0.29, 0.717) is 17.6 Å². The van der Waals surface area contributed by atoms with Gasteiger partial charge in [0.15, 0.2) is 5.11 Å². The highest BCUT2D eigenvalue weighted by Gasteiger charge is 2.27. The van der Waals surface area contributed by atoms with E-state index in [1.54, 1.807) is 0 Å². The number of likely N-dealkylation sites (tertiary alicyclic amines) is 1. The van der Waals surface area contributed by atoms with Gasteiger partial charge in [0.2, 0.25) is 5.91 Å². The van der Waals surface area contributed by atoms with Crippen LogP contribution in [0.1, 0.15) is 38.2 Å². The monoisotopic (exact) mass is 381 g/mol. The molecule has 0 saturated carbocycles. The lowest BCUT2D eigenvalue weighted by Crippen LogP contribution is -2.45. The van der Waals surface area contributed by atoms with E-state index in [9.17, 15) is 4.79 Å². The van der Waals surface area contributed by atoms with Crippen molar-refractivity contribution in [2.24, 2.45) is 5.92 Å². The second-order valence-corrected chi connectivity index (χ2v) is 7.73. The van der Waals surface area contributed by atoms with Gasteiger partial charge in [-0.25, -0.2) is 0 Å². The van der Waals surface area contributed by atoms with Gasteiger partial charge in [-0.05, 0) is 60.8 Å². The maximum Gasteiger partial charge on any atom is 0.229 e. The lowest BCUT2D eigenvalue weighted by molar-refractivity contribution is -0.121. The highest BCUT2D eigenvalue weighted by Crippen LogP contribution is 2.21. The van der Waals surface area contributed by atoms with E-state index in [2.05, 4.69) is 53.6 Å². The Labute approximate surface area is 167 Å². The van der Waals surface area contributed by atoms with Crippen LogP contribution < -0.4 is 10.6 Å². The SMILES string of the molecule is CC(C)c1ccc(NC(=S)N2CCCC(C(=O)Nc3ccccc3)C2)cc1. The van der Waals surface area contributed by atoms with Gasteiger partial charge >= 0.3 is 0 Å². The van der Waals surface area contributed by atoms with Crippen LogP contribution in [0.4, 0.5) is 11.4 Å². The topological polar surface area (TPSA) is 44.4 Å². The molecule has 0 aromatic heterocycles. The van der Waals surface area contributed by atoms with Gasteiger partial charge in [0, 0.05) is 24.5 Å². The van der Waals surface area contributed by atoms with E-state index in [1.165, 1.54) is 5.56 Å². The number of carbonyl (C=O) groups excluding carboxylic acids is 1. The molecule has 2 aromatic rings. The first-order valence-corrected chi connectivity index (χ1v) is 9.95. The number of thiocarbonyl (C=S) groups is 1. The lowest BCUT2D eigenvalue weighted by Gasteiger charge is -2.34. The van der Waals surface area contributed by atoms with Crippen molar-refractivity contribution in [3.05, 3.63) is 60.2 Å². The first-order chi connectivity index (χ1) is 13.0. The molecule has 4 nitrogen and oxygen atoms in total. The average Bonchev–Trinajstić information content (AvgIpc) is 2.69. The molecule has 1 amide bonds. The molecule has 1 unspecified atom stereocenters. The molecule has 0 aliphatic carbocycles. The number of anilines is 2. The summed E-state index contributed by atoms with van der Waals surface area (Å²) in [6, 6.07) is 18.0. The van der Waals surface area contributed by atoms with E-state index in [-0.39, 0.29) is 11.8 Å². The Kier molecular flexibility index (Phi) is 6.45. The molecule has 142 valence electrons. The third-order valence-electron chi connectivity index (χ3n) is 4.95. The number of piperidine rings is 1. The van der Waals surface area contributed by atoms with E-state index in [4.69, 9.17) is 12.2 Å². The van der Waals surface area contributed by atoms with Crippen molar-refractivity contribution >= 4 is 34.6 Å². The molecule has 27 heavy (non-hydrogen) atoms. The molecule has 2 aromatic carbocycles. The minimum Gasteiger partial charge on any atom is -0.348 e. The van der Waals surface area contributed by atoms with Crippen LogP contribution in [0.5, 0.6) is 0 Å². The van der Waals surface area contributed by atoms with Crippen LogP contribution in [0.3, 0.4) is 0 Å². The molecule has 1 atom stereocenters.